The number of methoxy groups -OCH3 is 1. The summed E-state index contributed by atoms with van der Waals surface area (Å²) in [5.41, 5.74) is 2.45. The van der Waals surface area contributed by atoms with Crippen LogP contribution in [0.1, 0.15) is 12.0 Å². The molecule has 0 saturated heterocycles. The smallest absolute Gasteiger partial charge is 0.322 e. The summed E-state index contributed by atoms with van der Waals surface area (Å²) in [6, 6.07) is 4.18. The van der Waals surface area contributed by atoms with Crippen molar-refractivity contribution in [2.24, 2.45) is 0 Å². The number of benzene rings is 1. The predicted octanol–water partition coefficient (Wildman–Crippen LogP) is 2.71. The maximum Gasteiger partial charge on any atom is 0.322 e. The summed E-state index contributed by atoms with van der Waals surface area (Å²) in [6.45, 7) is 3.50. The number of nitrogens with one attached hydrogen (secondary N) is 1. The van der Waals surface area contributed by atoms with Crippen LogP contribution in [-0.4, -0.2) is 42.7 Å². The quantitative estimate of drug-likeness (QED) is 0.526. The number of anilines is 1. The summed E-state index contributed by atoms with van der Waals surface area (Å²) >= 11 is 0. The van der Waals surface area contributed by atoms with Crippen molar-refractivity contribution in [3.63, 3.8) is 0 Å². The van der Waals surface area contributed by atoms with Gasteiger partial charge in [0.15, 0.2) is 0 Å². The number of rotatable bonds is 4. The van der Waals surface area contributed by atoms with Gasteiger partial charge in [0.05, 0.1) is 11.5 Å². The molecule has 0 atom stereocenters. The van der Waals surface area contributed by atoms with Crippen LogP contribution >= 0.6 is 0 Å². The molecule has 1 N–H and O–H groups in total. The summed E-state index contributed by atoms with van der Waals surface area (Å²) in [4.78, 5) is 24.2. The average Bonchev–Trinajstić information content (AvgIpc) is 2.50. The van der Waals surface area contributed by atoms with E-state index in [1.165, 1.54) is 17.7 Å². The van der Waals surface area contributed by atoms with Gasteiger partial charge in [-0.1, -0.05) is 6.08 Å². The van der Waals surface area contributed by atoms with Crippen LogP contribution in [0.4, 0.5) is 16.2 Å². The minimum absolute atomic E-state index is 0.0145. The minimum atomic E-state index is -0.453. The van der Waals surface area contributed by atoms with Gasteiger partial charge in [0.2, 0.25) is 0 Å². The number of nitro groups is 1. The van der Waals surface area contributed by atoms with Crippen molar-refractivity contribution in [1.82, 2.24) is 4.90 Å². The highest BCUT2D eigenvalue weighted by Crippen LogP contribution is 2.22. The fourth-order valence-corrected chi connectivity index (χ4v) is 2.31. The van der Waals surface area contributed by atoms with Gasteiger partial charge in [-0.15, -0.1) is 0 Å². The van der Waals surface area contributed by atoms with Crippen molar-refractivity contribution in [1.29, 1.82) is 0 Å². The lowest BCUT2D eigenvalue weighted by Crippen LogP contribution is -2.38. The number of nitro benzene ring substituents is 1. The van der Waals surface area contributed by atoms with Crippen molar-refractivity contribution in [2.75, 3.05) is 32.1 Å². The van der Waals surface area contributed by atoms with E-state index >= 15 is 0 Å². The number of hydrogen-bond acceptors (Lipinski definition) is 4. The molecule has 1 aliphatic rings. The Hall–Kier alpha value is -2.41. The Morgan fingerprint density at radius 3 is 2.82 bits per heavy atom. The maximum absolute atomic E-state index is 12.2. The number of amides is 2. The molecule has 0 fully saturated rings. The summed E-state index contributed by atoms with van der Waals surface area (Å²) < 4.78 is 5.08. The van der Waals surface area contributed by atoms with E-state index in [-0.39, 0.29) is 11.7 Å². The molecule has 1 aliphatic heterocycles. The van der Waals surface area contributed by atoms with E-state index in [0.29, 0.717) is 30.9 Å². The molecule has 7 heteroatoms. The van der Waals surface area contributed by atoms with Crippen molar-refractivity contribution in [2.45, 2.75) is 13.3 Å². The second-order valence-corrected chi connectivity index (χ2v) is 5.18. The largest absolute Gasteiger partial charge is 0.380 e. The number of carbonyl (C=O) groups excluding carboxylic acids is 1. The van der Waals surface area contributed by atoms with Crippen molar-refractivity contribution in [3.8, 4) is 0 Å². The molecule has 1 heterocycles. The van der Waals surface area contributed by atoms with Crippen LogP contribution in [0.15, 0.2) is 29.8 Å². The molecular weight excluding hydrogens is 286 g/mol. The first-order valence-electron chi connectivity index (χ1n) is 6.99. The van der Waals surface area contributed by atoms with Gasteiger partial charge >= 0.3 is 6.03 Å². The number of urea groups is 1. The van der Waals surface area contributed by atoms with Crippen LogP contribution < -0.4 is 5.32 Å². The van der Waals surface area contributed by atoms with E-state index in [9.17, 15) is 14.9 Å². The van der Waals surface area contributed by atoms with Gasteiger partial charge in [-0.3, -0.25) is 10.1 Å². The number of aryl methyl sites for hydroxylation is 1. The lowest BCUT2D eigenvalue weighted by molar-refractivity contribution is -0.384. The lowest BCUT2D eigenvalue weighted by atomic mass is 10.1. The summed E-state index contributed by atoms with van der Waals surface area (Å²) in [6.07, 6.45) is 2.79. The van der Waals surface area contributed by atoms with Gasteiger partial charge in [-0.2, -0.15) is 0 Å². The molecule has 0 aliphatic carbocycles. The second kappa shape index (κ2) is 7.04. The Morgan fingerprint density at radius 2 is 2.27 bits per heavy atom. The number of non-ortho nitro benzene ring substituents is 1. The second-order valence-electron chi connectivity index (χ2n) is 5.18. The summed E-state index contributed by atoms with van der Waals surface area (Å²) in [5.74, 6) is 0. The first-order valence-corrected chi connectivity index (χ1v) is 6.99. The van der Waals surface area contributed by atoms with E-state index in [1.807, 2.05) is 6.08 Å². The fourth-order valence-electron chi connectivity index (χ4n) is 2.31. The molecule has 1 aromatic carbocycles. The zero-order valence-electron chi connectivity index (χ0n) is 12.7. The van der Waals surface area contributed by atoms with E-state index in [2.05, 4.69) is 5.32 Å². The Morgan fingerprint density at radius 1 is 1.50 bits per heavy atom. The minimum Gasteiger partial charge on any atom is -0.380 e. The van der Waals surface area contributed by atoms with Crippen LogP contribution in [0.5, 0.6) is 0 Å². The Bertz CT molecular complexity index is 613. The highest BCUT2D eigenvalue weighted by molar-refractivity contribution is 5.90. The van der Waals surface area contributed by atoms with E-state index < -0.39 is 4.92 Å². The van der Waals surface area contributed by atoms with Crippen LogP contribution in [0.2, 0.25) is 0 Å². The van der Waals surface area contributed by atoms with Crippen molar-refractivity contribution < 1.29 is 14.5 Å². The molecule has 118 valence electrons. The summed E-state index contributed by atoms with van der Waals surface area (Å²) in [5, 5.41) is 13.5. The molecule has 0 radical (unpaired) electrons. The Labute approximate surface area is 128 Å². The van der Waals surface area contributed by atoms with Crippen LogP contribution in [-0.2, 0) is 4.74 Å². The van der Waals surface area contributed by atoms with Gasteiger partial charge < -0.3 is 15.0 Å². The monoisotopic (exact) mass is 305 g/mol. The van der Waals surface area contributed by atoms with Crippen LogP contribution in [0.25, 0.3) is 0 Å². The molecule has 0 unspecified atom stereocenters. The van der Waals surface area contributed by atoms with E-state index in [4.69, 9.17) is 4.74 Å². The first kappa shape index (κ1) is 16.0. The molecule has 0 saturated carbocycles. The highest BCUT2D eigenvalue weighted by atomic mass is 16.6. The fraction of sp³-hybridized carbons (Fsp3) is 0.400. The average molecular weight is 305 g/mol. The van der Waals surface area contributed by atoms with Gasteiger partial charge in [-0.25, -0.2) is 4.79 Å². The number of carbonyl (C=O) groups is 1. The van der Waals surface area contributed by atoms with Crippen molar-refractivity contribution in [3.05, 3.63) is 45.5 Å². The first-order chi connectivity index (χ1) is 10.5. The zero-order valence-corrected chi connectivity index (χ0v) is 12.7. The molecule has 0 bridgehead atoms. The lowest BCUT2D eigenvalue weighted by Gasteiger charge is -2.26. The molecule has 1 aromatic rings. The van der Waals surface area contributed by atoms with Gasteiger partial charge in [0.1, 0.15) is 0 Å². The number of hydrogen-bond donors (Lipinski definition) is 1. The van der Waals surface area contributed by atoms with Crippen LogP contribution in [0, 0.1) is 17.0 Å². The third-order valence-corrected chi connectivity index (χ3v) is 3.58. The Balaban J connectivity index is 2.00. The molecule has 7 nitrogen and oxygen atoms in total. The number of ether oxygens (including phenoxy) is 1. The SMILES string of the molecule is COCC1=CCN(C(=O)Nc2ccc([N+](=O)[O-])cc2C)CC1. The number of nitrogens with zero attached hydrogens (tertiary/aromatic N) is 2. The van der Waals surface area contributed by atoms with Crippen molar-refractivity contribution >= 4 is 17.4 Å². The van der Waals surface area contributed by atoms with Gasteiger partial charge in [0, 0.05) is 38.0 Å². The molecule has 0 spiro atoms. The topological polar surface area (TPSA) is 84.7 Å². The third kappa shape index (κ3) is 3.82. The van der Waals surface area contributed by atoms with Crippen LogP contribution in [0.3, 0.4) is 0 Å². The molecule has 22 heavy (non-hydrogen) atoms. The Kier molecular flexibility index (Phi) is 5.11. The molecule has 0 aromatic heterocycles. The van der Waals surface area contributed by atoms with E-state index in [0.717, 1.165) is 6.42 Å². The molecule has 2 rings (SSSR count). The van der Waals surface area contributed by atoms with E-state index in [1.54, 1.807) is 25.0 Å². The summed E-state index contributed by atoms with van der Waals surface area (Å²) in [7, 11) is 1.65. The maximum atomic E-state index is 12.2. The molecular formula is C15H19N3O4. The highest BCUT2D eigenvalue weighted by Gasteiger charge is 2.18. The predicted molar refractivity (Wildman–Crippen MR) is 83.0 cm³/mol. The third-order valence-electron chi connectivity index (χ3n) is 3.58. The standard InChI is InChI=1S/C15H19N3O4/c1-11-9-13(18(20)21)3-4-14(11)16-15(19)17-7-5-12(6-8-17)10-22-2/h3-5,9H,6-8,10H2,1-2H3,(H,16,19). The van der Waals surface area contributed by atoms with Gasteiger partial charge in [-0.05, 0) is 30.5 Å². The zero-order chi connectivity index (χ0) is 16.1. The van der Waals surface area contributed by atoms with Gasteiger partial charge in [0.25, 0.3) is 5.69 Å². The molecule has 2 amide bonds. The normalized spacial score (nSPS) is 14.5.